The molecular formula is C11H15FN2. The van der Waals surface area contributed by atoms with Crippen LogP contribution in [0.2, 0.25) is 0 Å². The van der Waals surface area contributed by atoms with Crippen LogP contribution in [-0.2, 0) is 0 Å². The van der Waals surface area contributed by atoms with Crippen molar-refractivity contribution >= 4 is 0 Å². The van der Waals surface area contributed by atoms with E-state index >= 15 is 0 Å². The first-order valence-corrected chi connectivity index (χ1v) is 5.28. The molecule has 0 aromatic heterocycles. The summed E-state index contributed by atoms with van der Waals surface area (Å²) in [5, 5.41) is 8.94. The highest BCUT2D eigenvalue weighted by molar-refractivity contribution is 5.31. The van der Waals surface area contributed by atoms with Crippen LogP contribution in [0.5, 0.6) is 0 Å². The maximum Gasteiger partial charge on any atom is 0.0960 e. The van der Waals surface area contributed by atoms with Crippen molar-refractivity contribution < 1.29 is 4.39 Å². The van der Waals surface area contributed by atoms with Gasteiger partial charge in [0.05, 0.1) is 12.7 Å². The molecule has 2 heterocycles. The van der Waals surface area contributed by atoms with Crippen molar-refractivity contribution in [3.63, 3.8) is 0 Å². The maximum atomic E-state index is 12.1. The maximum absolute atomic E-state index is 12.1. The van der Waals surface area contributed by atoms with Crippen LogP contribution in [-0.4, -0.2) is 30.2 Å². The predicted molar refractivity (Wildman–Crippen MR) is 52.4 cm³/mol. The Hall–Kier alpha value is -0.880. The van der Waals surface area contributed by atoms with E-state index in [1.807, 2.05) is 0 Å². The van der Waals surface area contributed by atoms with E-state index in [4.69, 9.17) is 5.26 Å². The van der Waals surface area contributed by atoms with Crippen LogP contribution in [0, 0.1) is 11.3 Å². The Balaban J connectivity index is 2.06. The average Bonchev–Trinajstić information content (AvgIpc) is 2.48. The molecule has 2 bridgehead atoms. The zero-order chi connectivity index (χ0) is 9.97. The zero-order valence-electron chi connectivity index (χ0n) is 8.25. The summed E-state index contributed by atoms with van der Waals surface area (Å²) in [5.74, 6) is 0. The molecule has 0 unspecified atom stereocenters. The lowest BCUT2D eigenvalue weighted by Crippen LogP contribution is -2.40. The summed E-state index contributed by atoms with van der Waals surface area (Å²) >= 11 is 0. The monoisotopic (exact) mass is 194 g/mol. The molecule has 0 aromatic carbocycles. The van der Waals surface area contributed by atoms with Crippen LogP contribution in [0.15, 0.2) is 11.6 Å². The molecule has 2 atom stereocenters. The quantitative estimate of drug-likeness (QED) is 0.687. The smallest absolute Gasteiger partial charge is 0.0960 e. The topological polar surface area (TPSA) is 27.0 Å². The Morgan fingerprint density at radius 2 is 2.43 bits per heavy atom. The van der Waals surface area contributed by atoms with Gasteiger partial charge in [-0.15, -0.1) is 0 Å². The molecule has 0 spiro atoms. The van der Waals surface area contributed by atoms with Crippen LogP contribution in [0.4, 0.5) is 4.39 Å². The van der Waals surface area contributed by atoms with Gasteiger partial charge in [0, 0.05) is 24.2 Å². The third-order valence-electron chi connectivity index (χ3n) is 3.29. The zero-order valence-corrected chi connectivity index (χ0v) is 8.25. The lowest BCUT2D eigenvalue weighted by molar-refractivity contribution is 0.195. The summed E-state index contributed by atoms with van der Waals surface area (Å²) in [6.07, 6.45) is 5.89. The Labute approximate surface area is 84.0 Å². The second-order valence-electron chi connectivity index (χ2n) is 4.03. The number of hydrogen-bond donors (Lipinski definition) is 0. The van der Waals surface area contributed by atoms with Gasteiger partial charge in [0.15, 0.2) is 0 Å². The minimum atomic E-state index is -0.248. The molecule has 0 aromatic rings. The van der Waals surface area contributed by atoms with Crippen molar-refractivity contribution in [2.45, 2.75) is 37.8 Å². The normalized spacial score (nSPS) is 31.3. The standard InChI is InChI=1S/C11H15FN2/c12-6-1-7-14-10-3-2-9(8-13)11(14)5-4-10/h2,10-11H,1,3-7H2/t10-,11-/m0/s1. The number of hydrogen-bond acceptors (Lipinski definition) is 2. The Morgan fingerprint density at radius 1 is 1.57 bits per heavy atom. The SMILES string of the molecule is N#CC1=CC[C@H]2CC[C@@H]1N2CCCF. The minimum Gasteiger partial charge on any atom is -0.292 e. The van der Waals surface area contributed by atoms with E-state index in [1.165, 1.54) is 6.42 Å². The summed E-state index contributed by atoms with van der Waals surface area (Å²) in [4.78, 5) is 2.32. The molecule has 2 rings (SSSR count). The summed E-state index contributed by atoms with van der Waals surface area (Å²) in [7, 11) is 0. The predicted octanol–water partition coefficient (Wildman–Crippen LogP) is 2.03. The molecule has 2 aliphatic heterocycles. The van der Waals surface area contributed by atoms with Gasteiger partial charge in [-0.2, -0.15) is 5.26 Å². The lowest BCUT2D eigenvalue weighted by Gasteiger charge is -2.32. The molecule has 3 heteroatoms. The molecule has 1 saturated heterocycles. The molecule has 0 aliphatic carbocycles. The van der Waals surface area contributed by atoms with Crippen molar-refractivity contribution in [1.82, 2.24) is 4.90 Å². The molecule has 1 fully saturated rings. The third kappa shape index (κ3) is 1.55. The second-order valence-corrected chi connectivity index (χ2v) is 4.03. The third-order valence-corrected chi connectivity index (χ3v) is 3.29. The Bertz CT molecular complexity index is 280. The average molecular weight is 194 g/mol. The highest BCUT2D eigenvalue weighted by atomic mass is 19.1. The van der Waals surface area contributed by atoms with Crippen molar-refractivity contribution in [2.24, 2.45) is 0 Å². The molecule has 14 heavy (non-hydrogen) atoms. The van der Waals surface area contributed by atoms with Gasteiger partial charge in [-0.3, -0.25) is 9.29 Å². The van der Waals surface area contributed by atoms with Gasteiger partial charge in [0.2, 0.25) is 0 Å². The fourth-order valence-electron chi connectivity index (χ4n) is 2.62. The molecular weight excluding hydrogens is 179 g/mol. The fraction of sp³-hybridized carbons (Fsp3) is 0.727. The first kappa shape index (κ1) is 9.67. The molecule has 0 amide bonds. The van der Waals surface area contributed by atoms with Gasteiger partial charge < -0.3 is 0 Å². The second kappa shape index (κ2) is 4.10. The van der Waals surface area contributed by atoms with Gasteiger partial charge in [0.25, 0.3) is 0 Å². The van der Waals surface area contributed by atoms with Gasteiger partial charge in [-0.05, 0) is 25.7 Å². The minimum absolute atomic E-state index is 0.248. The Morgan fingerprint density at radius 3 is 3.14 bits per heavy atom. The van der Waals surface area contributed by atoms with E-state index in [-0.39, 0.29) is 6.67 Å². The molecule has 2 aliphatic rings. The largest absolute Gasteiger partial charge is 0.292 e. The number of rotatable bonds is 3. The van der Waals surface area contributed by atoms with Crippen LogP contribution in [0.25, 0.3) is 0 Å². The van der Waals surface area contributed by atoms with E-state index in [1.54, 1.807) is 0 Å². The highest BCUT2D eigenvalue weighted by Gasteiger charge is 2.37. The molecule has 0 N–H and O–H groups in total. The van der Waals surface area contributed by atoms with E-state index in [2.05, 4.69) is 17.0 Å². The summed E-state index contributed by atoms with van der Waals surface area (Å²) < 4.78 is 12.1. The van der Waals surface area contributed by atoms with Crippen LogP contribution < -0.4 is 0 Å². The van der Waals surface area contributed by atoms with Crippen molar-refractivity contribution in [1.29, 1.82) is 5.26 Å². The highest BCUT2D eigenvalue weighted by Crippen LogP contribution is 2.35. The number of nitrogens with zero attached hydrogens (tertiary/aromatic N) is 2. The van der Waals surface area contributed by atoms with Crippen molar-refractivity contribution in [3.05, 3.63) is 11.6 Å². The van der Waals surface area contributed by atoms with E-state index in [9.17, 15) is 4.39 Å². The number of halogens is 1. The van der Waals surface area contributed by atoms with E-state index < -0.39 is 0 Å². The van der Waals surface area contributed by atoms with Gasteiger partial charge in [-0.1, -0.05) is 6.08 Å². The molecule has 0 saturated carbocycles. The fourth-order valence-corrected chi connectivity index (χ4v) is 2.62. The molecule has 0 radical (unpaired) electrons. The van der Waals surface area contributed by atoms with Crippen LogP contribution in [0.3, 0.4) is 0 Å². The molecule has 76 valence electrons. The van der Waals surface area contributed by atoms with Gasteiger partial charge in [0.1, 0.15) is 0 Å². The Kier molecular flexibility index (Phi) is 2.83. The summed E-state index contributed by atoms with van der Waals surface area (Å²) in [5.41, 5.74) is 0.901. The van der Waals surface area contributed by atoms with Crippen LogP contribution >= 0.6 is 0 Å². The first-order valence-electron chi connectivity index (χ1n) is 5.28. The summed E-state index contributed by atoms with van der Waals surface area (Å²) in [6.45, 7) is 0.562. The van der Waals surface area contributed by atoms with E-state index in [0.717, 1.165) is 25.0 Å². The van der Waals surface area contributed by atoms with Crippen molar-refractivity contribution in [3.8, 4) is 6.07 Å². The number of fused-ring (bicyclic) bond motifs is 2. The summed E-state index contributed by atoms with van der Waals surface area (Å²) in [6, 6.07) is 3.13. The van der Waals surface area contributed by atoms with Crippen molar-refractivity contribution in [2.75, 3.05) is 13.2 Å². The first-order chi connectivity index (χ1) is 6.86. The molecule has 2 nitrogen and oxygen atoms in total. The lowest BCUT2D eigenvalue weighted by atomic mass is 10.0. The van der Waals surface area contributed by atoms with Gasteiger partial charge in [-0.25, -0.2) is 0 Å². The van der Waals surface area contributed by atoms with E-state index in [0.29, 0.717) is 18.5 Å². The number of alkyl halides is 1. The number of nitriles is 1. The van der Waals surface area contributed by atoms with Gasteiger partial charge >= 0.3 is 0 Å². The van der Waals surface area contributed by atoms with Crippen LogP contribution in [0.1, 0.15) is 25.7 Å².